The summed E-state index contributed by atoms with van der Waals surface area (Å²) in [4.78, 5) is 30.0. The first-order chi connectivity index (χ1) is 16.4. The van der Waals surface area contributed by atoms with Crippen LogP contribution in [0.5, 0.6) is 5.75 Å². The van der Waals surface area contributed by atoms with Gasteiger partial charge in [0.15, 0.2) is 0 Å². The zero-order valence-corrected chi connectivity index (χ0v) is 21.1. The van der Waals surface area contributed by atoms with Gasteiger partial charge in [-0.1, -0.05) is 59.8 Å². The second-order valence-corrected chi connectivity index (χ2v) is 10.2. The van der Waals surface area contributed by atoms with Crippen LogP contribution in [-0.4, -0.2) is 58.8 Å². The van der Waals surface area contributed by atoms with E-state index >= 15 is 0 Å². The molecule has 2 saturated heterocycles. The first kappa shape index (κ1) is 24.7. The molecule has 178 valence electrons. The minimum Gasteiger partial charge on any atom is -0.497 e. The third kappa shape index (κ3) is 6.18. The molecule has 2 amide bonds. The predicted octanol–water partition coefficient (Wildman–Crippen LogP) is 4.76. The number of hydrogen-bond donors (Lipinski definition) is 0. The van der Waals surface area contributed by atoms with E-state index in [-0.39, 0.29) is 24.5 Å². The molecule has 34 heavy (non-hydrogen) atoms. The van der Waals surface area contributed by atoms with Gasteiger partial charge < -0.3 is 14.4 Å². The Hall–Kier alpha value is -2.39. The normalized spacial score (nSPS) is 19.2. The van der Waals surface area contributed by atoms with Gasteiger partial charge in [-0.05, 0) is 54.3 Å². The lowest BCUT2D eigenvalue weighted by molar-refractivity contribution is -0.137. The summed E-state index contributed by atoms with van der Waals surface area (Å²) in [5.41, 5.74) is 1.82. The van der Waals surface area contributed by atoms with Gasteiger partial charge in [0.2, 0.25) is 5.91 Å². The summed E-state index contributed by atoms with van der Waals surface area (Å²) in [6.45, 7) is 1.48. The van der Waals surface area contributed by atoms with E-state index in [9.17, 15) is 9.59 Å². The maximum Gasteiger partial charge on any atom is 0.266 e. The lowest BCUT2D eigenvalue weighted by atomic mass is 10.1. The SMILES string of the molecule is COc1ccc(/C=C2\SC(=S)N(CC(=O)N(Cc3ccc(Cl)cc3)CC3CCCO3)C2=O)cc1. The molecule has 0 bridgehead atoms. The van der Waals surface area contributed by atoms with Crippen LogP contribution in [0.25, 0.3) is 6.08 Å². The van der Waals surface area contributed by atoms with Crippen LogP contribution in [-0.2, 0) is 20.9 Å². The largest absolute Gasteiger partial charge is 0.497 e. The molecule has 0 N–H and O–H groups in total. The highest BCUT2D eigenvalue weighted by atomic mass is 35.5. The minimum absolute atomic E-state index is 0.00242. The molecular formula is C25H25ClN2O4S2. The summed E-state index contributed by atoms with van der Waals surface area (Å²) in [6, 6.07) is 14.8. The number of amides is 2. The van der Waals surface area contributed by atoms with Crippen LogP contribution in [0, 0.1) is 0 Å². The molecule has 0 spiro atoms. The number of carbonyl (C=O) groups excluding carboxylic acids is 2. The van der Waals surface area contributed by atoms with E-state index in [1.165, 1.54) is 16.7 Å². The quantitative estimate of drug-likeness (QED) is 0.372. The summed E-state index contributed by atoms with van der Waals surface area (Å²) in [5.74, 6) is 0.303. The standard InChI is InChI=1S/C25H25ClN2O4S2/c1-31-20-10-6-17(7-11-20)13-22-24(30)28(25(33)34-22)16-23(29)27(15-21-3-2-12-32-21)14-18-4-8-19(26)9-5-18/h4-11,13,21H,2-3,12,14-16H2,1H3/b22-13-. The number of ether oxygens (including phenoxy) is 2. The number of methoxy groups -OCH3 is 1. The van der Waals surface area contributed by atoms with Crippen molar-refractivity contribution in [3.05, 3.63) is 69.6 Å². The molecular weight excluding hydrogens is 492 g/mol. The van der Waals surface area contributed by atoms with Gasteiger partial charge in [0, 0.05) is 24.7 Å². The third-order valence-corrected chi connectivity index (χ3v) is 7.30. The monoisotopic (exact) mass is 516 g/mol. The van der Waals surface area contributed by atoms with Crippen LogP contribution < -0.4 is 4.74 Å². The average Bonchev–Trinajstić information content (AvgIpc) is 3.44. The van der Waals surface area contributed by atoms with E-state index in [1.807, 2.05) is 36.4 Å². The number of halogens is 1. The van der Waals surface area contributed by atoms with E-state index in [2.05, 4.69) is 0 Å². The summed E-state index contributed by atoms with van der Waals surface area (Å²) in [5, 5.41) is 0.641. The Bertz CT molecular complexity index is 1080. The number of rotatable bonds is 8. The highest BCUT2D eigenvalue weighted by molar-refractivity contribution is 8.26. The van der Waals surface area contributed by atoms with Crippen molar-refractivity contribution in [2.45, 2.75) is 25.5 Å². The van der Waals surface area contributed by atoms with Gasteiger partial charge in [-0.3, -0.25) is 14.5 Å². The Morgan fingerprint density at radius 2 is 2.00 bits per heavy atom. The molecule has 0 saturated carbocycles. The van der Waals surface area contributed by atoms with E-state index in [4.69, 9.17) is 33.3 Å². The van der Waals surface area contributed by atoms with Crippen LogP contribution in [0.1, 0.15) is 24.0 Å². The highest BCUT2D eigenvalue weighted by Gasteiger charge is 2.35. The fourth-order valence-corrected chi connectivity index (χ4v) is 5.20. The van der Waals surface area contributed by atoms with Crippen LogP contribution in [0.4, 0.5) is 0 Å². The smallest absolute Gasteiger partial charge is 0.266 e. The van der Waals surface area contributed by atoms with Gasteiger partial charge in [0.05, 0.1) is 18.1 Å². The molecule has 4 rings (SSSR count). The maximum atomic E-state index is 13.3. The van der Waals surface area contributed by atoms with Crippen molar-refractivity contribution in [1.29, 1.82) is 0 Å². The molecule has 2 heterocycles. The van der Waals surface area contributed by atoms with Crippen LogP contribution in [0.2, 0.25) is 5.02 Å². The molecule has 0 aromatic heterocycles. The Kier molecular flexibility index (Phi) is 8.26. The Morgan fingerprint density at radius 3 is 2.65 bits per heavy atom. The lowest BCUT2D eigenvalue weighted by Gasteiger charge is -2.27. The zero-order chi connectivity index (χ0) is 24.1. The number of hydrogen-bond acceptors (Lipinski definition) is 6. The average molecular weight is 517 g/mol. The first-order valence-electron chi connectivity index (χ1n) is 11.0. The molecule has 2 aliphatic heterocycles. The Morgan fingerprint density at radius 1 is 1.26 bits per heavy atom. The van der Waals surface area contributed by atoms with Gasteiger partial charge in [-0.25, -0.2) is 0 Å². The fourth-order valence-electron chi connectivity index (χ4n) is 3.82. The Labute approximate surface area is 213 Å². The summed E-state index contributed by atoms with van der Waals surface area (Å²) in [7, 11) is 1.60. The second-order valence-electron chi connectivity index (χ2n) is 8.08. The molecule has 9 heteroatoms. The number of thioether (sulfide) groups is 1. The lowest BCUT2D eigenvalue weighted by Crippen LogP contribution is -2.44. The molecule has 2 fully saturated rings. The van der Waals surface area contributed by atoms with Crippen molar-refractivity contribution in [3.63, 3.8) is 0 Å². The second kappa shape index (κ2) is 11.4. The van der Waals surface area contributed by atoms with Gasteiger partial charge in [0.25, 0.3) is 5.91 Å². The van der Waals surface area contributed by atoms with Crippen LogP contribution in [0.15, 0.2) is 53.4 Å². The van der Waals surface area contributed by atoms with Crippen molar-refractivity contribution >= 4 is 57.8 Å². The predicted molar refractivity (Wildman–Crippen MR) is 139 cm³/mol. The number of carbonyl (C=O) groups is 2. The van der Waals surface area contributed by atoms with Crippen LogP contribution in [0.3, 0.4) is 0 Å². The van der Waals surface area contributed by atoms with E-state index in [0.717, 1.165) is 29.7 Å². The van der Waals surface area contributed by atoms with Crippen molar-refractivity contribution in [2.75, 3.05) is 26.8 Å². The summed E-state index contributed by atoms with van der Waals surface area (Å²) in [6.07, 6.45) is 3.67. The maximum absolute atomic E-state index is 13.3. The first-order valence-corrected chi connectivity index (χ1v) is 12.6. The zero-order valence-electron chi connectivity index (χ0n) is 18.7. The van der Waals surface area contributed by atoms with Gasteiger partial charge in [0.1, 0.15) is 16.6 Å². The van der Waals surface area contributed by atoms with Crippen LogP contribution >= 0.6 is 35.6 Å². The minimum atomic E-state index is -0.261. The summed E-state index contributed by atoms with van der Waals surface area (Å²) < 4.78 is 11.3. The molecule has 2 aromatic rings. The van der Waals surface area contributed by atoms with Gasteiger partial charge in [-0.2, -0.15) is 0 Å². The van der Waals surface area contributed by atoms with Gasteiger partial charge >= 0.3 is 0 Å². The number of nitrogens with zero attached hydrogens (tertiary/aromatic N) is 2. The molecule has 0 aliphatic carbocycles. The molecule has 2 aliphatic rings. The molecule has 1 unspecified atom stereocenters. The number of thiocarbonyl (C=S) groups is 1. The molecule has 2 aromatic carbocycles. The third-order valence-electron chi connectivity index (χ3n) is 5.67. The molecule has 1 atom stereocenters. The van der Waals surface area contributed by atoms with Gasteiger partial charge in [-0.15, -0.1) is 0 Å². The van der Waals surface area contributed by atoms with Crippen molar-refractivity contribution in [2.24, 2.45) is 0 Å². The Balaban J connectivity index is 1.46. The summed E-state index contributed by atoms with van der Waals surface area (Å²) >= 11 is 12.7. The van der Waals surface area contributed by atoms with Crippen molar-refractivity contribution < 1.29 is 19.1 Å². The fraction of sp³-hybridized carbons (Fsp3) is 0.320. The van der Waals surface area contributed by atoms with E-state index < -0.39 is 0 Å². The van der Waals surface area contributed by atoms with E-state index in [1.54, 1.807) is 30.2 Å². The molecule has 0 radical (unpaired) electrons. The van der Waals surface area contributed by atoms with Crippen molar-refractivity contribution in [1.82, 2.24) is 9.80 Å². The molecule has 6 nitrogen and oxygen atoms in total. The topological polar surface area (TPSA) is 59.1 Å². The van der Waals surface area contributed by atoms with E-state index in [0.29, 0.717) is 33.9 Å². The highest BCUT2D eigenvalue weighted by Crippen LogP contribution is 2.33. The van der Waals surface area contributed by atoms with Crippen molar-refractivity contribution in [3.8, 4) is 5.75 Å². The number of benzene rings is 2.